The predicted octanol–water partition coefficient (Wildman–Crippen LogP) is 3.70. The average molecular weight is 268 g/mol. The molecule has 0 aromatic carbocycles. The van der Waals surface area contributed by atoms with E-state index in [1.54, 1.807) is 0 Å². The summed E-state index contributed by atoms with van der Waals surface area (Å²) < 4.78 is 10.7. The van der Waals surface area contributed by atoms with Crippen LogP contribution in [0.25, 0.3) is 0 Å². The molecular weight excluding hydrogens is 240 g/mol. The van der Waals surface area contributed by atoms with Gasteiger partial charge in [0.05, 0.1) is 6.10 Å². The minimum atomic E-state index is -0.124. The molecule has 0 radical (unpaired) electrons. The average Bonchev–Trinajstić information content (AvgIpc) is 2.41. The summed E-state index contributed by atoms with van der Waals surface area (Å²) in [5, 5.41) is 0. The fraction of sp³-hybridized carbons (Fsp3) is 0.938. The molecule has 2 fully saturated rings. The van der Waals surface area contributed by atoms with E-state index in [1.807, 2.05) is 7.11 Å². The Bertz CT molecular complexity index is 274. The summed E-state index contributed by atoms with van der Waals surface area (Å²) in [6.45, 7) is 1.51. The van der Waals surface area contributed by atoms with Crippen LogP contribution < -0.4 is 0 Å². The van der Waals surface area contributed by atoms with Crippen molar-refractivity contribution < 1.29 is 14.3 Å². The molecule has 2 aliphatic carbocycles. The summed E-state index contributed by atoms with van der Waals surface area (Å²) in [5.74, 6) is 1.64. The van der Waals surface area contributed by atoms with E-state index in [4.69, 9.17) is 9.47 Å². The molecule has 2 saturated carbocycles. The Morgan fingerprint density at radius 1 is 0.895 bits per heavy atom. The highest BCUT2D eigenvalue weighted by Crippen LogP contribution is 2.36. The maximum absolute atomic E-state index is 10.9. The molecule has 2 rings (SSSR count). The lowest BCUT2D eigenvalue weighted by Crippen LogP contribution is -2.26. The molecule has 0 saturated heterocycles. The number of carbonyl (C=O) groups excluding carboxylic acids is 1. The summed E-state index contributed by atoms with van der Waals surface area (Å²) in [4.78, 5) is 10.9. The van der Waals surface area contributed by atoms with Crippen molar-refractivity contribution in [1.29, 1.82) is 0 Å². The molecule has 0 unspecified atom stereocenters. The van der Waals surface area contributed by atoms with Crippen LogP contribution in [-0.4, -0.2) is 25.3 Å². The van der Waals surface area contributed by atoms with Crippen LogP contribution in [0.2, 0.25) is 0 Å². The number of methoxy groups -OCH3 is 1. The van der Waals surface area contributed by atoms with E-state index in [0.29, 0.717) is 6.10 Å². The lowest BCUT2D eigenvalue weighted by atomic mass is 9.76. The lowest BCUT2D eigenvalue weighted by molar-refractivity contribution is -0.148. The zero-order valence-electron chi connectivity index (χ0n) is 12.4. The molecule has 3 nitrogen and oxygen atoms in total. The van der Waals surface area contributed by atoms with Crippen LogP contribution in [0.5, 0.6) is 0 Å². The van der Waals surface area contributed by atoms with Crippen molar-refractivity contribution in [2.45, 2.75) is 76.9 Å². The first-order valence-electron chi connectivity index (χ1n) is 7.87. The third-order valence-electron chi connectivity index (χ3n) is 4.92. The van der Waals surface area contributed by atoms with E-state index in [1.165, 1.54) is 51.9 Å². The van der Waals surface area contributed by atoms with Gasteiger partial charge >= 0.3 is 5.97 Å². The first-order valence-corrected chi connectivity index (χ1v) is 7.87. The van der Waals surface area contributed by atoms with Gasteiger partial charge in [-0.05, 0) is 69.6 Å². The van der Waals surface area contributed by atoms with Crippen molar-refractivity contribution in [3.63, 3.8) is 0 Å². The smallest absolute Gasteiger partial charge is 0.302 e. The molecule has 0 amide bonds. The fourth-order valence-electron chi connectivity index (χ4n) is 3.79. The Kier molecular flexibility index (Phi) is 5.68. The summed E-state index contributed by atoms with van der Waals surface area (Å²) in [6, 6.07) is 0. The topological polar surface area (TPSA) is 35.5 Å². The Hall–Kier alpha value is -0.570. The van der Waals surface area contributed by atoms with Gasteiger partial charge in [-0.25, -0.2) is 0 Å². The maximum atomic E-state index is 10.9. The quantitative estimate of drug-likeness (QED) is 0.729. The lowest BCUT2D eigenvalue weighted by Gasteiger charge is -2.33. The second-order valence-electron chi connectivity index (χ2n) is 6.37. The Morgan fingerprint density at radius 3 is 1.79 bits per heavy atom. The zero-order chi connectivity index (χ0) is 13.7. The molecule has 0 spiro atoms. The highest BCUT2D eigenvalue weighted by molar-refractivity contribution is 5.66. The van der Waals surface area contributed by atoms with Crippen LogP contribution in [0.4, 0.5) is 0 Å². The van der Waals surface area contributed by atoms with Gasteiger partial charge in [-0.3, -0.25) is 4.79 Å². The summed E-state index contributed by atoms with van der Waals surface area (Å²) >= 11 is 0. The maximum Gasteiger partial charge on any atom is 0.302 e. The number of esters is 1. The van der Waals surface area contributed by atoms with Gasteiger partial charge in [0.15, 0.2) is 0 Å². The van der Waals surface area contributed by atoms with E-state index in [9.17, 15) is 4.79 Å². The minimum Gasteiger partial charge on any atom is -0.463 e. The van der Waals surface area contributed by atoms with Crippen molar-refractivity contribution in [2.24, 2.45) is 11.8 Å². The largest absolute Gasteiger partial charge is 0.463 e. The van der Waals surface area contributed by atoms with Crippen LogP contribution in [0.3, 0.4) is 0 Å². The second kappa shape index (κ2) is 7.28. The summed E-state index contributed by atoms with van der Waals surface area (Å²) in [5.41, 5.74) is 0. The first-order chi connectivity index (χ1) is 9.17. The molecule has 0 bridgehead atoms. The Morgan fingerprint density at radius 2 is 1.37 bits per heavy atom. The number of ether oxygens (including phenoxy) is 2. The van der Waals surface area contributed by atoms with Crippen LogP contribution in [0.15, 0.2) is 0 Å². The molecule has 0 N–H and O–H groups in total. The SMILES string of the molecule is COC1CCC(CC2CCC(OC(C)=O)CC2)CC1. The van der Waals surface area contributed by atoms with Gasteiger partial charge in [-0.15, -0.1) is 0 Å². The molecule has 110 valence electrons. The molecule has 0 aromatic rings. The van der Waals surface area contributed by atoms with Crippen LogP contribution >= 0.6 is 0 Å². The molecule has 3 heteroatoms. The van der Waals surface area contributed by atoms with Crippen molar-refractivity contribution in [3.05, 3.63) is 0 Å². The van der Waals surface area contributed by atoms with E-state index in [0.717, 1.165) is 24.7 Å². The first kappa shape index (κ1) is 14.8. The summed E-state index contributed by atoms with van der Waals surface area (Å²) in [7, 11) is 1.83. The van der Waals surface area contributed by atoms with E-state index in [2.05, 4.69) is 0 Å². The van der Waals surface area contributed by atoms with Crippen molar-refractivity contribution in [3.8, 4) is 0 Å². The number of carbonyl (C=O) groups is 1. The van der Waals surface area contributed by atoms with Gasteiger partial charge in [-0.1, -0.05) is 0 Å². The van der Waals surface area contributed by atoms with E-state index >= 15 is 0 Å². The fourth-order valence-corrected chi connectivity index (χ4v) is 3.79. The number of rotatable bonds is 4. The van der Waals surface area contributed by atoms with Gasteiger partial charge < -0.3 is 9.47 Å². The molecule has 0 heterocycles. The Balaban J connectivity index is 1.64. The monoisotopic (exact) mass is 268 g/mol. The van der Waals surface area contributed by atoms with Crippen molar-refractivity contribution in [1.82, 2.24) is 0 Å². The standard InChI is InChI=1S/C16H28O3/c1-12(17)19-16-9-5-14(6-10-16)11-13-3-7-15(18-2)8-4-13/h13-16H,3-11H2,1-2H3. The zero-order valence-corrected chi connectivity index (χ0v) is 12.4. The molecule has 0 aliphatic heterocycles. The highest BCUT2D eigenvalue weighted by Gasteiger charge is 2.27. The second-order valence-corrected chi connectivity index (χ2v) is 6.37. The Labute approximate surface area is 117 Å². The van der Waals surface area contributed by atoms with Crippen LogP contribution in [0, 0.1) is 11.8 Å². The third kappa shape index (κ3) is 4.79. The van der Waals surface area contributed by atoms with Gasteiger partial charge in [-0.2, -0.15) is 0 Å². The minimum absolute atomic E-state index is 0.124. The van der Waals surface area contributed by atoms with Gasteiger partial charge in [0, 0.05) is 14.0 Å². The van der Waals surface area contributed by atoms with E-state index in [-0.39, 0.29) is 12.1 Å². The molecular formula is C16H28O3. The van der Waals surface area contributed by atoms with Crippen LogP contribution in [-0.2, 0) is 14.3 Å². The molecule has 2 aliphatic rings. The molecule has 0 aromatic heterocycles. The molecule has 19 heavy (non-hydrogen) atoms. The highest BCUT2D eigenvalue weighted by atomic mass is 16.5. The van der Waals surface area contributed by atoms with Crippen molar-refractivity contribution >= 4 is 5.97 Å². The summed E-state index contributed by atoms with van der Waals surface area (Å²) in [6.07, 6.45) is 11.8. The molecule has 0 atom stereocenters. The van der Waals surface area contributed by atoms with Gasteiger partial charge in [0.2, 0.25) is 0 Å². The third-order valence-corrected chi connectivity index (χ3v) is 4.92. The van der Waals surface area contributed by atoms with Gasteiger partial charge in [0.1, 0.15) is 6.10 Å². The number of hydrogen-bond donors (Lipinski definition) is 0. The van der Waals surface area contributed by atoms with Gasteiger partial charge in [0.25, 0.3) is 0 Å². The number of hydrogen-bond acceptors (Lipinski definition) is 3. The van der Waals surface area contributed by atoms with E-state index < -0.39 is 0 Å². The predicted molar refractivity (Wildman–Crippen MR) is 74.9 cm³/mol. The van der Waals surface area contributed by atoms with Crippen molar-refractivity contribution in [2.75, 3.05) is 7.11 Å². The normalized spacial score (nSPS) is 35.9. The van der Waals surface area contributed by atoms with Crippen LogP contribution in [0.1, 0.15) is 64.7 Å².